The summed E-state index contributed by atoms with van der Waals surface area (Å²) in [5.41, 5.74) is 1.12. The van der Waals surface area contributed by atoms with Gasteiger partial charge in [0, 0.05) is 18.4 Å². The molecule has 0 aliphatic rings. The average Bonchev–Trinajstić information content (AvgIpc) is 2.33. The SMILES string of the molecule is CCN(CCCBr)C(=O)c1cccc(C)c1O. The summed E-state index contributed by atoms with van der Waals surface area (Å²) in [6.07, 6.45) is 0.909. The Bertz CT molecular complexity index is 393. The predicted molar refractivity (Wildman–Crippen MR) is 72.8 cm³/mol. The van der Waals surface area contributed by atoms with Gasteiger partial charge in [-0.05, 0) is 31.9 Å². The highest BCUT2D eigenvalue weighted by Crippen LogP contribution is 2.22. The molecule has 1 aromatic carbocycles. The molecule has 3 nitrogen and oxygen atoms in total. The Morgan fingerprint density at radius 1 is 1.47 bits per heavy atom. The fourth-order valence-electron chi connectivity index (χ4n) is 1.66. The Morgan fingerprint density at radius 3 is 2.76 bits per heavy atom. The Hall–Kier alpha value is -1.03. The number of alkyl halides is 1. The van der Waals surface area contributed by atoms with Gasteiger partial charge in [0.15, 0.2) is 0 Å². The summed E-state index contributed by atoms with van der Waals surface area (Å²) in [4.78, 5) is 14.0. The number of benzene rings is 1. The van der Waals surface area contributed by atoms with Crippen molar-refractivity contribution in [2.24, 2.45) is 0 Å². The number of hydrogen-bond acceptors (Lipinski definition) is 2. The second kappa shape index (κ2) is 6.64. The van der Waals surface area contributed by atoms with E-state index in [0.717, 1.165) is 17.3 Å². The van der Waals surface area contributed by atoms with Crippen molar-refractivity contribution in [3.63, 3.8) is 0 Å². The Morgan fingerprint density at radius 2 is 2.18 bits per heavy atom. The minimum atomic E-state index is -0.102. The van der Waals surface area contributed by atoms with Gasteiger partial charge in [0.1, 0.15) is 5.75 Å². The fourth-order valence-corrected chi connectivity index (χ4v) is 1.91. The van der Waals surface area contributed by atoms with E-state index in [-0.39, 0.29) is 11.7 Å². The van der Waals surface area contributed by atoms with Gasteiger partial charge in [0.05, 0.1) is 5.56 Å². The molecule has 0 spiro atoms. The van der Waals surface area contributed by atoms with Crippen molar-refractivity contribution < 1.29 is 9.90 Å². The molecule has 1 N–H and O–H groups in total. The number of para-hydroxylation sites is 1. The molecule has 0 atom stereocenters. The summed E-state index contributed by atoms with van der Waals surface area (Å²) in [6, 6.07) is 5.25. The van der Waals surface area contributed by atoms with Crippen molar-refractivity contribution in [1.29, 1.82) is 0 Å². The van der Waals surface area contributed by atoms with Gasteiger partial charge < -0.3 is 10.0 Å². The van der Waals surface area contributed by atoms with Crippen molar-refractivity contribution in [1.82, 2.24) is 4.90 Å². The summed E-state index contributed by atoms with van der Waals surface area (Å²) in [7, 11) is 0. The zero-order chi connectivity index (χ0) is 12.8. The van der Waals surface area contributed by atoms with Crippen molar-refractivity contribution >= 4 is 21.8 Å². The fraction of sp³-hybridized carbons (Fsp3) is 0.462. The maximum Gasteiger partial charge on any atom is 0.257 e. The van der Waals surface area contributed by atoms with Gasteiger partial charge in [-0.3, -0.25) is 4.79 Å². The van der Waals surface area contributed by atoms with Crippen LogP contribution in [0.15, 0.2) is 18.2 Å². The van der Waals surface area contributed by atoms with Crippen LogP contribution in [0.4, 0.5) is 0 Å². The maximum atomic E-state index is 12.2. The molecule has 0 bridgehead atoms. The van der Waals surface area contributed by atoms with Gasteiger partial charge in [-0.1, -0.05) is 28.1 Å². The third kappa shape index (κ3) is 3.46. The molecule has 1 amide bonds. The van der Waals surface area contributed by atoms with Crippen LogP contribution in [0.25, 0.3) is 0 Å². The minimum absolute atomic E-state index is 0.0924. The van der Waals surface area contributed by atoms with Crippen molar-refractivity contribution in [2.45, 2.75) is 20.3 Å². The summed E-state index contributed by atoms with van der Waals surface area (Å²) >= 11 is 3.35. The quantitative estimate of drug-likeness (QED) is 0.849. The van der Waals surface area contributed by atoms with Crippen LogP contribution < -0.4 is 0 Å². The molecule has 0 aliphatic carbocycles. The second-order valence-corrected chi connectivity index (χ2v) is 4.69. The standard InChI is InChI=1S/C13H18BrNO2/c1-3-15(9-5-8-14)13(17)11-7-4-6-10(2)12(11)16/h4,6-7,16H,3,5,8-9H2,1-2H3. The lowest BCUT2D eigenvalue weighted by atomic mass is 10.1. The van der Waals surface area contributed by atoms with Crippen LogP contribution in [0, 0.1) is 6.92 Å². The molecule has 1 rings (SSSR count). The first-order valence-electron chi connectivity index (χ1n) is 5.75. The zero-order valence-corrected chi connectivity index (χ0v) is 11.8. The molecule has 0 aromatic heterocycles. The van der Waals surface area contributed by atoms with Gasteiger partial charge >= 0.3 is 0 Å². The molecule has 4 heteroatoms. The van der Waals surface area contributed by atoms with E-state index in [1.807, 2.05) is 6.92 Å². The molecule has 0 unspecified atom stereocenters. The van der Waals surface area contributed by atoms with Crippen LogP contribution in [0.1, 0.15) is 29.3 Å². The van der Waals surface area contributed by atoms with E-state index in [1.165, 1.54) is 0 Å². The van der Waals surface area contributed by atoms with Crippen LogP contribution in [0.5, 0.6) is 5.75 Å². The van der Waals surface area contributed by atoms with Gasteiger partial charge in [-0.2, -0.15) is 0 Å². The molecule has 0 heterocycles. The summed E-state index contributed by atoms with van der Waals surface area (Å²) in [5.74, 6) is -0.00978. The molecule has 0 aliphatic heterocycles. The number of carbonyl (C=O) groups is 1. The molecule has 0 fully saturated rings. The number of halogens is 1. The van der Waals surface area contributed by atoms with Crippen LogP contribution in [0.3, 0.4) is 0 Å². The topological polar surface area (TPSA) is 40.5 Å². The number of phenolic OH excluding ortho intramolecular Hbond substituents is 1. The highest BCUT2D eigenvalue weighted by Gasteiger charge is 2.17. The number of carbonyl (C=O) groups excluding carboxylic acids is 1. The van der Waals surface area contributed by atoms with Crippen molar-refractivity contribution in [2.75, 3.05) is 18.4 Å². The lowest BCUT2D eigenvalue weighted by molar-refractivity contribution is 0.0762. The third-order valence-corrected chi connectivity index (χ3v) is 3.26. The van der Waals surface area contributed by atoms with E-state index in [9.17, 15) is 9.90 Å². The van der Waals surface area contributed by atoms with Gasteiger partial charge in [0.2, 0.25) is 0 Å². The first-order chi connectivity index (χ1) is 8.11. The summed E-state index contributed by atoms with van der Waals surface area (Å²) < 4.78 is 0. The first kappa shape index (κ1) is 14.0. The maximum absolute atomic E-state index is 12.2. The number of nitrogens with zero attached hydrogens (tertiary/aromatic N) is 1. The highest BCUT2D eigenvalue weighted by molar-refractivity contribution is 9.09. The molecule has 17 heavy (non-hydrogen) atoms. The Kier molecular flexibility index (Phi) is 5.48. The monoisotopic (exact) mass is 299 g/mol. The van der Waals surface area contributed by atoms with Crippen LogP contribution in [0.2, 0.25) is 0 Å². The van der Waals surface area contributed by atoms with Gasteiger partial charge in [-0.25, -0.2) is 0 Å². The molecular weight excluding hydrogens is 282 g/mol. The average molecular weight is 300 g/mol. The number of aryl methyl sites for hydroxylation is 1. The zero-order valence-electron chi connectivity index (χ0n) is 10.2. The molecule has 0 saturated heterocycles. The predicted octanol–water partition coefficient (Wildman–Crippen LogP) is 2.95. The largest absolute Gasteiger partial charge is 0.507 e. The molecular formula is C13H18BrNO2. The minimum Gasteiger partial charge on any atom is -0.507 e. The first-order valence-corrected chi connectivity index (χ1v) is 6.87. The second-order valence-electron chi connectivity index (χ2n) is 3.90. The van der Waals surface area contributed by atoms with Gasteiger partial charge in [-0.15, -0.1) is 0 Å². The van der Waals surface area contributed by atoms with Gasteiger partial charge in [0.25, 0.3) is 5.91 Å². The van der Waals surface area contributed by atoms with Crippen molar-refractivity contribution in [3.8, 4) is 5.75 Å². The number of amides is 1. The molecule has 94 valence electrons. The Balaban J connectivity index is 2.90. The van der Waals surface area contributed by atoms with E-state index in [0.29, 0.717) is 18.7 Å². The Labute approximate surface area is 111 Å². The third-order valence-electron chi connectivity index (χ3n) is 2.70. The smallest absolute Gasteiger partial charge is 0.257 e. The normalized spacial score (nSPS) is 10.3. The number of rotatable bonds is 5. The summed E-state index contributed by atoms with van der Waals surface area (Å²) in [5, 5.41) is 10.8. The molecule has 0 saturated carbocycles. The van der Waals surface area contributed by atoms with Crippen LogP contribution in [-0.4, -0.2) is 34.3 Å². The lowest BCUT2D eigenvalue weighted by Crippen LogP contribution is -2.32. The van der Waals surface area contributed by atoms with E-state index in [1.54, 1.807) is 30.0 Å². The molecule has 0 radical (unpaired) electrons. The van der Waals surface area contributed by atoms with E-state index in [2.05, 4.69) is 15.9 Å². The van der Waals surface area contributed by atoms with Crippen molar-refractivity contribution in [3.05, 3.63) is 29.3 Å². The van der Waals surface area contributed by atoms with E-state index < -0.39 is 0 Å². The number of aromatic hydroxyl groups is 1. The van der Waals surface area contributed by atoms with Crippen LogP contribution >= 0.6 is 15.9 Å². The number of hydrogen-bond donors (Lipinski definition) is 1. The number of phenols is 1. The lowest BCUT2D eigenvalue weighted by Gasteiger charge is -2.21. The van der Waals surface area contributed by atoms with E-state index in [4.69, 9.17) is 0 Å². The molecule has 1 aromatic rings. The van der Waals surface area contributed by atoms with E-state index >= 15 is 0 Å². The summed E-state index contributed by atoms with van der Waals surface area (Å²) in [6.45, 7) is 5.09. The highest BCUT2D eigenvalue weighted by atomic mass is 79.9. The van der Waals surface area contributed by atoms with Crippen LogP contribution in [-0.2, 0) is 0 Å².